The number of rotatable bonds is 5. The Kier molecular flexibility index (Phi) is 5.39. The molecule has 0 radical (unpaired) electrons. The number of amides is 3. The molecule has 1 aliphatic carbocycles. The van der Waals surface area contributed by atoms with E-state index < -0.39 is 35.9 Å². The molecule has 0 aromatic heterocycles. The van der Waals surface area contributed by atoms with Gasteiger partial charge in [-0.1, -0.05) is 30.4 Å². The largest absolute Gasteiger partial charge is 0.451 e. The summed E-state index contributed by atoms with van der Waals surface area (Å²) in [6.07, 6.45) is 3.72. The standard InChI is InChI=1S/C20H22N2O5/c1-12(22-18(24)15-10-6-7-11-16(15)19(22)25)20(26)27-13(2)17(23)21-14-8-4-3-5-9-14/h3-9,12-13,15-16H,10-11H2,1-2H3,(H,21,23)/t12-,13+,15-,16-/m0/s1. The SMILES string of the molecule is C[C@@H](OC(=O)[C@H](C)N1C(=O)[C@H]2CC=CC[C@@H]2C1=O)C(=O)Nc1ccccc1. The number of likely N-dealkylation sites (tertiary alicyclic amines) is 1. The van der Waals surface area contributed by atoms with Gasteiger partial charge < -0.3 is 10.1 Å². The fraction of sp³-hybridized carbons (Fsp3) is 0.400. The van der Waals surface area contributed by atoms with E-state index >= 15 is 0 Å². The second-order valence-electron chi connectivity index (χ2n) is 6.81. The zero-order valence-electron chi connectivity index (χ0n) is 15.3. The van der Waals surface area contributed by atoms with Crippen molar-refractivity contribution >= 4 is 29.4 Å². The van der Waals surface area contributed by atoms with Crippen LogP contribution in [0.15, 0.2) is 42.5 Å². The van der Waals surface area contributed by atoms with E-state index in [1.165, 1.54) is 13.8 Å². The third-order valence-electron chi connectivity index (χ3n) is 4.97. The van der Waals surface area contributed by atoms with Gasteiger partial charge in [-0.05, 0) is 38.8 Å². The number of imide groups is 1. The number of fused-ring (bicyclic) bond motifs is 1. The highest BCUT2D eigenvalue weighted by Gasteiger charge is 2.50. The molecular weight excluding hydrogens is 348 g/mol. The molecule has 142 valence electrons. The Morgan fingerprint density at radius 2 is 1.59 bits per heavy atom. The Morgan fingerprint density at radius 3 is 2.15 bits per heavy atom. The molecule has 1 aromatic carbocycles. The summed E-state index contributed by atoms with van der Waals surface area (Å²) in [5.41, 5.74) is 0.583. The molecule has 1 aromatic rings. The van der Waals surface area contributed by atoms with Crippen molar-refractivity contribution in [2.45, 2.75) is 38.8 Å². The summed E-state index contributed by atoms with van der Waals surface area (Å²) in [5.74, 6) is -2.77. The van der Waals surface area contributed by atoms with Gasteiger partial charge in [-0.15, -0.1) is 0 Å². The van der Waals surface area contributed by atoms with Crippen molar-refractivity contribution < 1.29 is 23.9 Å². The first-order valence-electron chi connectivity index (χ1n) is 8.98. The van der Waals surface area contributed by atoms with E-state index in [0.717, 1.165) is 4.90 Å². The normalized spacial score (nSPS) is 23.6. The predicted octanol–water partition coefficient (Wildman–Crippen LogP) is 1.90. The van der Waals surface area contributed by atoms with Crippen molar-refractivity contribution in [2.24, 2.45) is 11.8 Å². The first-order chi connectivity index (χ1) is 12.9. The van der Waals surface area contributed by atoms with Crippen molar-refractivity contribution in [3.63, 3.8) is 0 Å². The molecule has 0 bridgehead atoms. The summed E-state index contributed by atoms with van der Waals surface area (Å²) in [7, 11) is 0. The predicted molar refractivity (Wildman–Crippen MR) is 97.3 cm³/mol. The van der Waals surface area contributed by atoms with E-state index in [1.807, 2.05) is 18.2 Å². The topological polar surface area (TPSA) is 92.8 Å². The Morgan fingerprint density at radius 1 is 1.04 bits per heavy atom. The lowest BCUT2D eigenvalue weighted by molar-refractivity contribution is -0.163. The van der Waals surface area contributed by atoms with Crippen LogP contribution in [-0.4, -0.2) is 40.7 Å². The molecule has 1 saturated heterocycles. The summed E-state index contributed by atoms with van der Waals surface area (Å²) in [5, 5.41) is 2.64. The second-order valence-corrected chi connectivity index (χ2v) is 6.81. The summed E-state index contributed by atoms with van der Waals surface area (Å²) >= 11 is 0. The van der Waals surface area contributed by atoms with Crippen molar-refractivity contribution in [3.8, 4) is 0 Å². The first-order valence-corrected chi connectivity index (χ1v) is 8.98. The molecule has 0 saturated carbocycles. The number of carbonyl (C=O) groups is 4. The van der Waals surface area contributed by atoms with Gasteiger partial charge in [-0.2, -0.15) is 0 Å². The molecule has 2 aliphatic rings. The highest BCUT2D eigenvalue weighted by molar-refractivity contribution is 6.08. The molecular formula is C20H22N2O5. The van der Waals surface area contributed by atoms with Crippen molar-refractivity contribution in [2.75, 3.05) is 5.32 Å². The highest BCUT2D eigenvalue weighted by atomic mass is 16.5. The number of anilines is 1. The molecule has 7 heteroatoms. The number of para-hydroxylation sites is 1. The van der Waals surface area contributed by atoms with Crippen LogP contribution in [-0.2, 0) is 23.9 Å². The minimum Gasteiger partial charge on any atom is -0.451 e. The minimum atomic E-state index is -1.07. The van der Waals surface area contributed by atoms with E-state index in [-0.39, 0.29) is 11.8 Å². The number of benzene rings is 1. The van der Waals surface area contributed by atoms with E-state index in [2.05, 4.69) is 5.32 Å². The van der Waals surface area contributed by atoms with Crippen LogP contribution in [0, 0.1) is 11.8 Å². The Balaban J connectivity index is 1.61. The summed E-state index contributed by atoms with van der Waals surface area (Å²) in [6, 6.07) is 7.72. The number of carbonyl (C=O) groups excluding carboxylic acids is 4. The van der Waals surface area contributed by atoms with E-state index in [1.54, 1.807) is 24.3 Å². The van der Waals surface area contributed by atoms with E-state index in [0.29, 0.717) is 18.5 Å². The van der Waals surface area contributed by atoms with Crippen molar-refractivity contribution in [1.82, 2.24) is 4.90 Å². The van der Waals surface area contributed by atoms with Gasteiger partial charge in [0.15, 0.2) is 6.10 Å². The van der Waals surface area contributed by atoms with Crippen molar-refractivity contribution in [1.29, 1.82) is 0 Å². The number of allylic oxidation sites excluding steroid dienone is 2. The van der Waals surface area contributed by atoms with E-state index in [4.69, 9.17) is 4.74 Å². The maximum atomic E-state index is 12.5. The molecule has 3 amide bonds. The molecule has 27 heavy (non-hydrogen) atoms. The molecule has 0 spiro atoms. The first kappa shape index (κ1) is 18.8. The third-order valence-corrected chi connectivity index (χ3v) is 4.97. The van der Waals surface area contributed by atoms with Gasteiger partial charge in [0.1, 0.15) is 6.04 Å². The lowest BCUT2D eigenvalue weighted by atomic mass is 9.85. The van der Waals surface area contributed by atoms with Gasteiger partial charge in [0.25, 0.3) is 5.91 Å². The monoisotopic (exact) mass is 370 g/mol. The quantitative estimate of drug-likeness (QED) is 0.485. The Hall–Kier alpha value is -2.96. The van der Waals surface area contributed by atoms with Gasteiger partial charge in [0.05, 0.1) is 11.8 Å². The molecule has 1 aliphatic heterocycles. The van der Waals surface area contributed by atoms with Gasteiger partial charge in [0, 0.05) is 5.69 Å². The maximum Gasteiger partial charge on any atom is 0.329 e. The lowest BCUT2D eigenvalue weighted by Crippen LogP contribution is -2.46. The van der Waals surface area contributed by atoms with Gasteiger partial charge >= 0.3 is 5.97 Å². The number of nitrogens with one attached hydrogen (secondary N) is 1. The number of esters is 1. The molecule has 7 nitrogen and oxygen atoms in total. The average Bonchev–Trinajstić information content (AvgIpc) is 2.93. The molecule has 0 unspecified atom stereocenters. The molecule has 3 rings (SSSR count). The van der Waals surface area contributed by atoms with Crippen LogP contribution in [0.4, 0.5) is 5.69 Å². The summed E-state index contributed by atoms with van der Waals surface area (Å²) in [4.78, 5) is 50.7. The van der Waals surface area contributed by atoms with Gasteiger partial charge in [-0.3, -0.25) is 19.3 Å². The zero-order chi connectivity index (χ0) is 19.6. The second kappa shape index (κ2) is 7.73. The number of hydrogen-bond donors (Lipinski definition) is 1. The number of hydrogen-bond acceptors (Lipinski definition) is 5. The molecule has 1 N–H and O–H groups in total. The Bertz CT molecular complexity index is 763. The summed E-state index contributed by atoms with van der Waals surface area (Å²) in [6.45, 7) is 2.89. The van der Waals surface area contributed by atoms with Crippen LogP contribution in [0.5, 0.6) is 0 Å². The molecule has 1 fully saturated rings. The average molecular weight is 370 g/mol. The number of nitrogens with zero attached hydrogens (tertiary/aromatic N) is 1. The van der Waals surface area contributed by atoms with E-state index in [9.17, 15) is 19.2 Å². The smallest absolute Gasteiger partial charge is 0.329 e. The van der Waals surface area contributed by atoms with Crippen LogP contribution in [0.3, 0.4) is 0 Å². The number of ether oxygens (including phenoxy) is 1. The van der Waals surface area contributed by atoms with Gasteiger partial charge in [0.2, 0.25) is 11.8 Å². The molecule has 4 atom stereocenters. The van der Waals surface area contributed by atoms with Crippen LogP contribution in [0.1, 0.15) is 26.7 Å². The fourth-order valence-electron chi connectivity index (χ4n) is 3.40. The van der Waals surface area contributed by atoms with Crippen LogP contribution in [0.25, 0.3) is 0 Å². The Labute approximate surface area is 157 Å². The highest BCUT2D eigenvalue weighted by Crippen LogP contribution is 2.36. The summed E-state index contributed by atoms with van der Waals surface area (Å²) < 4.78 is 5.20. The zero-order valence-corrected chi connectivity index (χ0v) is 15.3. The maximum absolute atomic E-state index is 12.5. The fourth-order valence-corrected chi connectivity index (χ4v) is 3.40. The minimum absolute atomic E-state index is 0.347. The van der Waals surface area contributed by atoms with Crippen molar-refractivity contribution in [3.05, 3.63) is 42.5 Å². The molecule has 1 heterocycles. The lowest BCUT2D eigenvalue weighted by Gasteiger charge is -2.23. The van der Waals surface area contributed by atoms with Gasteiger partial charge in [-0.25, -0.2) is 4.79 Å². The third kappa shape index (κ3) is 3.77. The van der Waals surface area contributed by atoms with Crippen LogP contribution >= 0.6 is 0 Å². The van der Waals surface area contributed by atoms with Crippen LogP contribution in [0.2, 0.25) is 0 Å². The van der Waals surface area contributed by atoms with Crippen LogP contribution < -0.4 is 5.32 Å².